The van der Waals surface area contributed by atoms with E-state index in [1.165, 1.54) is 0 Å². The number of hydrogen-bond acceptors (Lipinski definition) is 3. The molecule has 0 saturated heterocycles. The molecule has 116 valence electrons. The second kappa shape index (κ2) is 7.94. The van der Waals surface area contributed by atoms with Gasteiger partial charge in [-0.05, 0) is 23.8 Å². The van der Waals surface area contributed by atoms with E-state index in [0.29, 0.717) is 22.9 Å². The molecule has 1 unspecified atom stereocenters. The van der Waals surface area contributed by atoms with Gasteiger partial charge in [0.15, 0.2) is 0 Å². The standard InChI is InChI=1S/C17H18ClNO3/c1-22-11-13-4-2-3-5-15(13)19-17(21)10-16(20)12-6-8-14(18)9-7-12/h2-9,16,20H,10-11H2,1H3,(H,19,21). The second-order valence-electron chi connectivity index (χ2n) is 4.91. The van der Waals surface area contributed by atoms with Crippen molar-refractivity contribution in [3.63, 3.8) is 0 Å². The van der Waals surface area contributed by atoms with E-state index >= 15 is 0 Å². The van der Waals surface area contributed by atoms with Gasteiger partial charge in [0.25, 0.3) is 0 Å². The molecular formula is C17H18ClNO3. The van der Waals surface area contributed by atoms with Gasteiger partial charge in [0.1, 0.15) is 0 Å². The number of halogens is 1. The molecule has 22 heavy (non-hydrogen) atoms. The summed E-state index contributed by atoms with van der Waals surface area (Å²) in [5, 5.41) is 13.5. The number of methoxy groups -OCH3 is 1. The first-order valence-corrected chi connectivity index (χ1v) is 7.28. The zero-order valence-corrected chi connectivity index (χ0v) is 13.0. The zero-order chi connectivity index (χ0) is 15.9. The van der Waals surface area contributed by atoms with Gasteiger partial charge in [0, 0.05) is 23.4 Å². The highest BCUT2D eigenvalue weighted by atomic mass is 35.5. The van der Waals surface area contributed by atoms with E-state index in [0.717, 1.165) is 5.56 Å². The van der Waals surface area contributed by atoms with E-state index in [1.54, 1.807) is 37.4 Å². The van der Waals surface area contributed by atoms with Gasteiger partial charge >= 0.3 is 0 Å². The molecule has 4 nitrogen and oxygen atoms in total. The molecule has 1 amide bonds. The largest absolute Gasteiger partial charge is 0.388 e. The Morgan fingerprint density at radius 3 is 2.59 bits per heavy atom. The summed E-state index contributed by atoms with van der Waals surface area (Å²) in [5.41, 5.74) is 2.24. The van der Waals surface area contributed by atoms with Crippen molar-refractivity contribution in [1.29, 1.82) is 0 Å². The topological polar surface area (TPSA) is 58.6 Å². The van der Waals surface area contributed by atoms with E-state index in [4.69, 9.17) is 16.3 Å². The number of anilines is 1. The first-order chi connectivity index (χ1) is 10.6. The number of carbonyl (C=O) groups excluding carboxylic acids is 1. The van der Waals surface area contributed by atoms with Crippen molar-refractivity contribution in [3.8, 4) is 0 Å². The molecule has 0 aliphatic carbocycles. The number of hydrogen-bond donors (Lipinski definition) is 2. The van der Waals surface area contributed by atoms with E-state index in [1.807, 2.05) is 18.2 Å². The van der Waals surface area contributed by atoms with Crippen molar-refractivity contribution in [3.05, 3.63) is 64.7 Å². The van der Waals surface area contributed by atoms with Crippen LogP contribution in [0.2, 0.25) is 5.02 Å². The number of benzene rings is 2. The Hall–Kier alpha value is -1.88. The summed E-state index contributed by atoms with van der Waals surface area (Å²) in [6, 6.07) is 14.2. The molecule has 0 saturated carbocycles. The lowest BCUT2D eigenvalue weighted by Crippen LogP contribution is -2.16. The Balaban J connectivity index is 1.99. The van der Waals surface area contributed by atoms with E-state index in [-0.39, 0.29) is 12.3 Å². The van der Waals surface area contributed by atoms with Crippen LogP contribution in [0.1, 0.15) is 23.7 Å². The van der Waals surface area contributed by atoms with Crippen LogP contribution in [0.15, 0.2) is 48.5 Å². The normalized spacial score (nSPS) is 12.0. The maximum atomic E-state index is 12.1. The van der Waals surface area contributed by atoms with Gasteiger partial charge in [-0.25, -0.2) is 0 Å². The number of carbonyl (C=O) groups is 1. The molecule has 0 aromatic heterocycles. The fourth-order valence-corrected chi connectivity index (χ4v) is 2.23. The van der Waals surface area contributed by atoms with Crippen molar-refractivity contribution < 1.29 is 14.6 Å². The Kier molecular flexibility index (Phi) is 5.95. The third-order valence-electron chi connectivity index (χ3n) is 3.22. The molecule has 2 aromatic rings. The molecule has 2 aromatic carbocycles. The molecular weight excluding hydrogens is 302 g/mol. The summed E-state index contributed by atoms with van der Waals surface area (Å²) < 4.78 is 5.10. The summed E-state index contributed by atoms with van der Waals surface area (Å²) >= 11 is 5.80. The monoisotopic (exact) mass is 319 g/mol. The van der Waals surface area contributed by atoms with Crippen molar-refractivity contribution >= 4 is 23.2 Å². The number of aliphatic hydroxyl groups excluding tert-OH is 1. The van der Waals surface area contributed by atoms with Crippen LogP contribution in [0.3, 0.4) is 0 Å². The Morgan fingerprint density at radius 1 is 1.23 bits per heavy atom. The molecule has 0 heterocycles. The third kappa shape index (κ3) is 4.56. The van der Waals surface area contributed by atoms with Crippen LogP contribution in [-0.2, 0) is 16.1 Å². The van der Waals surface area contributed by atoms with Crippen molar-refractivity contribution in [2.24, 2.45) is 0 Å². The highest BCUT2D eigenvalue weighted by Gasteiger charge is 2.14. The smallest absolute Gasteiger partial charge is 0.227 e. The molecule has 0 radical (unpaired) electrons. The van der Waals surface area contributed by atoms with Gasteiger partial charge in [0.05, 0.1) is 19.1 Å². The van der Waals surface area contributed by atoms with Gasteiger partial charge in [-0.2, -0.15) is 0 Å². The molecule has 0 aliphatic rings. The van der Waals surface area contributed by atoms with Crippen molar-refractivity contribution in [1.82, 2.24) is 0 Å². The second-order valence-corrected chi connectivity index (χ2v) is 5.35. The lowest BCUT2D eigenvalue weighted by atomic mass is 10.1. The lowest BCUT2D eigenvalue weighted by Gasteiger charge is -2.13. The predicted octanol–water partition coefficient (Wildman–Crippen LogP) is 3.55. The highest BCUT2D eigenvalue weighted by Crippen LogP contribution is 2.21. The number of aliphatic hydroxyl groups is 1. The first-order valence-electron chi connectivity index (χ1n) is 6.90. The third-order valence-corrected chi connectivity index (χ3v) is 3.48. The van der Waals surface area contributed by atoms with Crippen LogP contribution in [0.5, 0.6) is 0 Å². The van der Waals surface area contributed by atoms with Gasteiger partial charge in [0.2, 0.25) is 5.91 Å². The summed E-state index contributed by atoms with van der Waals surface area (Å²) in [5.74, 6) is -0.258. The molecule has 0 aliphatic heterocycles. The van der Waals surface area contributed by atoms with Crippen LogP contribution < -0.4 is 5.32 Å². The van der Waals surface area contributed by atoms with E-state index in [2.05, 4.69) is 5.32 Å². The minimum absolute atomic E-state index is 0.0249. The van der Waals surface area contributed by atoms with E-state index < -0.39 is 6.10 Å². The maximum Gasteiger partial charge on any atom is 0.227 e. The van der Waals surface area contributed by atoms with Crippen LogP contribution in [0, 0.1) is 0 Å². The molecule has 5 heteroatoms. The highest BCUT2D eigenvalue weighted by molar-refractivity contribution is 6.30. The average Bonchev–Trinajstić information content (AvgIpc) is 2.50. The molecule has 2 N–H and O–H groups in total. The van der Waals surface area contributed by atoms with Gasteiger partial charge in [-0.15, -0.1) is 0 Å². The quantitative estimate of drug-likeness (QED) is 0.856. The predicted molar refractivity (Wildman–Crippen MR) is 86.8 cm³/mol. The van der Waals surface area contributed by atoms with Crippen LogP contribution >= 0.6 is 11.6 Å². The zero-order valence-electron chi connectivity index (χ0n) is 12.3. The van der Waals surface area contributed by atoms with Crippen LogP contribution in [0.4, 0.5) is 5.69 Å². The number of rotatable bonds is 6. The molecule has 1 atom stereocenters. The number of para-hydroxylation sites is 1. The van der Waals surface area contributed by atoms with Gasteiger partial charge in [-0.1, -0.05) is 41.9 Å². The molecule has 0 fully saturated rings. The number of nitrogens with one attached hydrogen (secondary N) is 1. The number of ether oxygens (including phenoxy) is 1. The Morgan fingerprint density at radius 2 is 1.91 bits per heavy atom. The summed E-state index contributed by atoms with van der Waals surface area (Å²) in [6.45, 7) is 0.413. The summed E-state index contributed by atoms with van der Waals surface area (Å²) in [4.78, 5) is 12.1. The average molecular weight is 320 g/mol. The van der Waals surface area contributed by atoms with E-state index in [9.17, 15) is 9.90 Å². The SMILES string of the molecule is COCc1ccccc1NC(=O)CC(O)c1ccc(Cl)cc1. The Bertz CT molecular complexity index is 628. The molecule has 0 spiro atoms. The summed E-state index contributed by atoms with van der Waals surface area (Å²) in [6.07, 6.45) is -0.894. The fraction of sp³-hybridized carbons (Fsp3) is 0.235. The fourth-order valence-electron chi connectivity index (χ4n) is 2.10. The Labute approximate surface area is 134 Å². The molecule has 0 bridgehead atoms. The minimum atomic E-state index is -0.869. The maximum absolute atomic E-state index is 12.1. The van der Waals surface area contributed by atoms with Crippen molar-refractivity contribution in [2.75, 3.05) is 12.4 Å². The first kappa shape index (κ1) is 16.5. The summed E-state index contributed by atoms with van der Waals surface area (Å²) in [7, 11) is 1.60. The van der Waals surface area contributed by atoms with Crippen LogP contribution in [-0.4, -0.2) is 18.1 Å². The lowest BCUT2D eigenvalue weighted by molar-refractivity contribution is -0.118. The number of amides is 1. The van der Waals surface area contributed by atoms with Crippen LogP contribution in [0.25, 0.3) is 0 Å². The van der Waals surface area contributed by atoms with Gasteiger partial charge in [-0.3, -0.25) is 4.79 Å². The minimum Gasteiger partial charge on any atom is -0.388 e. The van der Waals surface area contributed by atoms with Crippen molar-refractivity contribution in [2.45, 2.75) is 19.1 Å². The molecule has 2 rings (SSSR count). The van der Waals surface area contributed by atoms with Gasteiger partial charge < -0.3 is 15.2 Å².